The maximum Gasteiger partial charge on any atom is 0.136 e. The third-order valence-electron chi connectivity index (χ3n) is 3.92. The highest BCUT2D eigenvalue weighted by Crippen LogP contribution is 2.34. The van der Waals surface area contributed by atoms with E-state index in [0.29, 0.717) is 23.9 Å². The highest BCUT2D eigenvalue weighted by atomic mass is 32.2. The Morgan fingerprint density at radius 2 is 2.00 bits per heavy atom. The first-order valence-corrected chi connectivity index (χ1v) is 7.74. The van der Waals surface area contributed by atoms with Crippen LogP contribution >= 0.6 is 11.8 Å². The van der Waals surface area contributed by atoms with Crippen molar-refractivity contribution in [3.05, 3.63) is 0 Å². The van der Waals surface area contributed by atoms with Gasteiger partial charge in [-0.3, -0.25) is 9.69 Å². The lowest BCUT2D eigenvalue weighted by molar-refractivity contribution is -0.128. The first-order valence-electron chi connectivity index (χ1n) is 6.59. The van der Waals surface area contributed by atoms with E-state index in [2.05, 4.69) is 18.7 Å². The van der Waals surface area contributed by atoms with Gasteiger partial charge in [-0.15, -0.1) is 0 Å². The Labute approximate surface area is 103 Å². The molecule has 0 aromatic carbocycles. The van der Waals surface area contributed by atoms with Crippen LogP contribution in [0.3, 0.4) is 0 Å². The van der Waals surface area contributed by atoms with Gasteiger partial charge in [0.15, 0.2) is 0 Å². The minimum Gasteiger partial charge on any atom is -0.300 e. The number of carbonyl (C=O) groups excluding carboxylic acids is 1. The molecule has 0 spiro atoms. The van der Waals surface area contributed by atoms with E-state index < -0.39 is 0 Å². The predicted octanol–water partition coefficient (Wildman–Crippen LogP) is 2.71. The average Bonchev–Trinajstić information content (AvgIpc) is 2.24. The van der Waals surface area contributed by atoms with Crippen molar-refractivity contribution in [1.82, 2.24) is 4.90 Å². The van der Waals surface area contributed by atoms with E-state index in [9.17, 15) is 4.79 Å². The zero-order chi connectivity index (χ0) is 11.5. The zero-order valence-corrected chi connectivity index (χ0v) is 11.3. The maximum atomic E-state index is 11.6. The summed E-state index contributed by atoms with van der Waals surface area (Å²) in [7, 11) is 0. The van der Waals surface area contributed by atoms with Gasteiger partial charge in [0.1, 0.15) is 5.78 Å². The van der Waals surface area contributed by atoms with Gasteiger partial charge in [-0.1, -0.05) is 13.3 Å². The SMILES string of the molecule is CCSCC(C)N1C2CCCC1CC(=O)C2. The van der Waals surface area contributed by atoms with Gasteiger partial charge in [0.25, 0.3) is 0 Å². The van der Waals surface area contributed by atoms with Gasteiger partial charge in [0.2, 0.25) is 0 Å². The minimum absolute atomic E-state index is 0.501. The van der Waals surface area contributed by atoms with E-state index in [4.69, 9.17) is 0 Å². The molecule has 2 bridgehead atoms. The molecule has 3 heteroatoms. The third kappa shape index (κ3) is 2.62. The van der Waals surface area contributed by atoms with Crippen LogP contribution in [-0.4, -0.2) is 40.3 Å². The number of Topliss-reactive ketones (excluding diaryl/α,β-unsaturated/α-hetero) is 1. The van der Waals surface area contributed by atoms with Gasteiger partial charge in [0.05, 0.1) is 0 Å². The van der Waals surface area contributed by atoms with Crippen LogP contribution in [0.4, 0.5) is 0 Å². The van der Waals surface area contributed by atoms with Crippen molar-refractivity contribution in [3.8, 4) is 0 Å². The molecule has 16 heavy (non-hydrogen) atoms. The molecule has 0 aromatic heterocycles. The number of nitrogens with zero attached hydrogens (tertiary/aromatic N) is 1. The molecule has 0 aromatic rings. The van der Waals surface area contributed by atoms with Crippen LogP contribution in [0.1, 0.15) is 46.0 Å². The molecular formula is C13H23NOS. The summed E-state index contributed by atoms with van der Waals surface area (Å²) in [5.41, 5.74) is 0. The molecule has 0 aliphatic carbocycles. The number of thioether (sulfide) groups is 1. The number of hydrogen-bond donors (Lipinski definition) is 0. The monoisotopic (exact) mass is 241 g/mol. The molecule has 2 nitrogen and oxygen atoms in total. The lowest BCUT2D eigenvalue weighted by Gasteiger charge is -2.48. The predicted molar refractivity (Wildman–Crippen MR) is 70.0 cm³/mol. The summed E-state index contributed by atoms with van der Waals surface area (Å²) in [4.78, 5) is 14.3. The first kappa shape index (κ1) is 12.4. The van der Waals surface area contributed by atoms with E-state index in [1.807, 2.05) is 11.8 Å². The van der Waals surface area contributed by atoms with Crippen molar-refractivity contribution in [2.75, 3.05) is 11.5 Å². The van der Waals surface area contributed by atoms with Crippen molar-refractivity contribution in [2.45, 2.75) is 64.1 Å². The molecular weight excluding hydrogens is 218 g/mol. The molecule has 2 fully saturated rings. The van der Waals surface area contributed by atoms with Gasteiger partial charge < -0.3 is 0 Å². The highest BCUT2D eigenvalue weighted by molar-refractivity contribution is 7.99. The lowest BCUT2D eigenvalue weighted by Crippen LogP contribution is -2.56. The molecule has 3 unspecified atom stereocenters. The van der Waals surface area contributed by atoms with Crippen LogP contribution < -0.4 is 0 Å². The summed E-state index contributed by atoms with van der Waals surface area (Å²) in [6.45, 7) is 4.56. The van der Waals surface area contributed by atoms with Crippen molar-refractivity contribution >= 4 is 17.5 Å². The van der Waals surface area contributed by atoms with Gasteiger partial charge in [-0.05, 0) is 25.5 Å². The van der Waals surface area contributed by atoms with Crippen LogP contribution in [0.25, 0.3) is 0 Å². The Balaban J connectivity index is 1.99. The van der Waals surface area contributed by atoms with E-state index in [0.717, 1.165) is 12.8 Å². The Bertz CT molecular complexity index is 240. The topological polar surface area (TPSA) is 20.3 Å². The van der Waals surface area contributed by atoms with Gasteiger partial charge in [0, 0.05) is 36.7 Å². The van der Waals surface area contributed by atoms with E-state index in [1.54, 1.807) is 0 Å². The molecule has 0 saturated carbocycles. The zero-order valence-electron chi connectivity index (χ0n) is 10.4. The average molecular weight is 241 g/mol. The normalized spacial score (nSPS) is 32.8. The molecule has 0 N–H and O–H groups in total. The van der Waals surface area contributed by atoms with Crippen LogP contribution in [0.15, 0.2) is 0 Å². The Kier molecular flexibility index (Phi) is 4.31. The summed E-state index contributed by atoms with van der Waals surface area (Å²) in [6, 6.07) is 1.77. The van der Waals surface area contributed by atoms with Crippen molar-refractivity contribution in [1.29, 1.82) is 0 Å². The molecule has 3 atom stereocenters. The molecule has 2 aliphatic heterocycles. The molecule has 0 radical (unpaired) electrons. The number of fused-ring (bicyclic) bond motifs is 2. The standard InChI is InChI=1S/C13H23NOS/c1-3-16-9-10(2)14-11-5-4-6-12(14)8-13(15)7-11/h10-12H,3-9H2,1-2H3. The number of piperidine rings is 2. The van der Waals surface area contributed by atoms with Crippen molar-refractivity contribution < 1.29 is 4.79 Å². The number of carbonyl (C=O) groups is 1. The molecule has 2 aliphatic rings. The third-order valence-corrected chi connectivity index (χ3v) is 5.04. The number of ketones is 1. The van der Waals surface area contributed by atoms with Crippen LogP contribution in [0.2, 0.25) is 0 Å². The second kappa shape index (κ2) is 5.54. The van der Waals surface area contributed by atoms with Crippen LogP contribution in [0.5, 0.6) is 0 Å². The van der Waals surface area contributed by atoms with Crippen molar-refractivity contribution in [2.24, 2.45) is 0 Å². The fourth-order valence-corrected chi connectivity index (χ4v) is 4.05. The largest absolute Gasteiger partial charge is 0.300 e. The van der Waals surface area contributed by atoms with E-state index in [-0.39, 0.29) is 0 Å². The summed E-state index contributed by atoms with van der Waals surface area (Å²) >= 11 is 2.02. The highest BCUT2D eigenvalue weighted by Gasteiger charge is 2.39. The fourth-order valence-electron chi connectivity index (χ4n) is 3.30. The van der Waals surface area contributed by atoms with Crippen LogP contribution in [0, 0.1) is 0 Å². The summed E-state index contributed by atoms with van der Waals surface area (Å²) < 4.78 is 0. The summed E-state index contributed by atoms with van der Waals surface area (Å²) in [6.07, 6.45) is 5.44. The summed E-state index contributed by atoms with van der Waals surface area (Å²) in [5, 5.41) is 0. The second-order valence-electron chi connectivity index (χ2n) is 5.14. The molecule has 2 saturated heterocycles. The Morgan fingerprint density at radius 1 is 1.38 bits per heavy atom. The Hall–Kier alpha value is -0.0200. The first-order chi connectivity index (χ1) is 7.72. The quantitative estimate of drug-likeness (QED) is 0.755. The molecule has 2 heterocycles. The number of hydrogen-bond acceptors (Lipinski definition) is 3. The fraction of sp³-hybridized carbons (Fsp3) is 0.923. The summed E-state index contributed by atoms with van der Waals surface area (Å²) in [5.74, 6) is 2.92. The maximum absolute atomic E-state index is 11.6. The van der Waals surface area contributed by atoms with E-state index in [1.165, 1.54) is 30.8 Å². The minimum atomic E-state index is 0.501. The van der Waals surface area contributed by atoms with Crippen LogP contribution in [-0.2, 0) is 4.79 Å². The van der Waals surface area contributed by atoms with Gasteiger partial charge in [-0.2, -0.15) is 11.8 Å². The van der Waals surface area contributed by atoms with Gasteiger partial charge in [-0.25, -0.2) is 0 Å². The molecule has 2 rings (SSSR count). The smallest absolute Gasteiger partial charge is 0.136 e. The lowest BCUT2D eigenvalue weighted by atomic mass is 9.83. The van der Waals surface area contributed by atoms with E-state index >= 15 is 0 Å². The van der Waals surface area contributed by atoms with Gasteiger partial charge >= 0.3 is 0 Å². The number of rotatable bonds is 4. The molecule has 0 amide bonds. The van der Waals surface area contributed by atoms with Crippen molar-refractivity contribution in [3.63, 3.8) is 0 Å². The molecule has 92 valence electrons. The Morgan fingerprint density at radius 3 is 2.56 bits per heavy atom. The second-order valence-corrected chi connectivity index (χ2v) is 6.46.